The summed E-state index contributed by atoms with van der Waals surface area (Å²) in [5, 5.41) is 14.0. The number of hydrogen-bond acceptors (Lipinski definition) is 7. The molecule has 0 aromatic heterocycles. The zero-order valence-electron chi connectivity index (χ0n) is 24.2. The molecule has 0 saturated carbocycles. The summed E-state index contributed by atoms with van der Waals surface area (Å²) in [5.41, 5.74) is 1.03. The van der Waals surface area contributed by atoms with Crippen molar-refractivity contribution in [3.63, 3.8) is 0 Å². The smallest absolute Gasteiger partial charge is 0.253 e. The van der Waals surface area contributed by atoms with Crippen molar-refractivity contribution in [1.82, 2.24) is 14.5 Å². The summed E-state index contributed by atoms with van der Waals surface area (Å²) in [6, 6.07) is 6.92. The highest BCUT2D eigenvalue weighted by Crippen LogP contribution is 2.33. The largest absolute Gasteiger partial charge is 0.390 e. The van der Waals surface area contributed by atoms with Gasteiger partial charge in [0, 0.05) is 47.2 Å². The van der Waals surface area contributed by atoms with E-state index < -0.39 is 38.6 Å². The topological polar surface area (TPSA) is 129 Å². The summed E-state index contributed by atoms with van der Waals surface area (Å²) in [5.74, 6) is -1.92. The van der Waals surface area contributed by atoms with Crippen molar-refractivity contribution in [2.24, 2.45) is 4.99 Å². The molecule has 10 nitrogen and oxygen atoms in total. The van der Waals surface area contributed by atoms with Gasteiger partial charge >= 0.3 is 0 Å². The number of likely N-dealkylation sites (tertiary alicyclic amines) is 1. The van der Waals surface area contributed by atoms with Gasteiger partial charge < -0.3 is 15.3 Å². The van der Waals surface area contributed by atoms with Crippen LogP contribution in [0.2, 0.25) is 0 Å². The van der Waals surface area contributed by atoms with Crippen LogP contribution < -0.4 is 10.3 Å². The van der Waals surface area contributed by atoms with Gasteiger partial charge in [0.2, 0.25) is 15.8 Å². The molecule has 3 aliphatic heterocycles. The van der Waals surface area contributed by atoms with Crippen molar-refractivity contribution in [2.45, 2.75) is 57.6 Å². The summed E-state index contributed by atoms with van der Waals surface area (Å²) in [7, 11) is -3.84. The summed E-state index contributed by atoms with van der Waals surface area (Å²) in [6.45, 7) is 6.44. The van der Waals surface area contributed by atoms with E-state index in [2.05, 4.69) is 15.3 Å². The Morgan fingerprint density at radius 3 is 2.30 bits per heavy atom. The molecule has 2 N–H and O–H groups in total. The molecular weight excluding hydrogens is 582 g/mol. The molecule has 0 unspecified atom stereocenters. The lowest BCUT2D eigenvalue weighted by Gasteiger charge is -2.36. The number of aliphatic imine (C=N–C) groups is 1. The molecule has 2 saturated heterocycles. The fraction of sp³-hybridized carbons (Fsp3) is 0.433. The second-order valence-corrected chi connectivity index (χ2v) is 13.5. The van der Waals surface area contributed by atoms with Crippen molar-refractivity contribution in [3.8, 4) is 5.75 Å². The van der Waals surface area contributed by atoms with E-state index in [4.69, 9.17) is 0 Å². The van der Waals surface area contributed by atoms with Crippen LogP contribution in [-0.2, 0) is 14.8 Å². The Hall–Kier alpha value is -3.68. The molecule has 0 atom stereocenters. The number of amides is 2. The predicted octanol–water partition coefficient (Wildman–Crippen LogP) is 3.40. The number of hydrogen-bond donors (Lipinski definition) is 2. The van der Waals surface area contributed by atoms with Crippen LogP contribution >= 0.6 is 0 Å². The van der Waals surface area contributed by atoms with Gasteiger partial charge in [0.05, 0.1) is 5.60 Å². The minimum atomic E-state index is -3.84. The normalized spacial score (nSPS) is 20.4. The van der Waals surface area contributed by atoms with Crippen LogP contribution in [0.15, 0.2) is 40.7 Å². The zero-order chi connectivity index (χ0) is 31.2. The molecule has 3 heterocycles. The minimum absolute atomic E-state index is 0.0489. The van der Waals surface area contributed by atoms with Crippen molar-refractivity contribution in [2.75, 3.05) is 26.2 Å². The molecule has 5 rings (SSSR count). The second-order valence-electron chi connectivity index (χ2n) is 11.7. The molecule has 0 aliphatic carbocycles. The Morgan fingerprint density at radius 2 is 1.70 bits per heavy atom. The number of rotatable bonds is 6. The summed E-state index contributed by atoms with van der Waals surface area (Å²) < 4.78 is 54.0. The lowest BCUT2D eigenvalue weighted by atomic mass is 9.89. The van der Waals surface area contributed by atoms with E-state index in [1.165, 1.54) is 16.4 Å². The van der Waals surface area contributed by atoms with Gasteiger partial charge in [-0.05, 0) is 99.6 Å². The summed E-state index contributed by atoms with van der Waals surface area (Å²) >= 11 is 0. The SMILES string of the molecule is Cc1cc(C(=O)N2CCC(C)(O)CC2)cc(C)c1/C=C/S(=O)(=O)N1CCC2(CC1)N=C(c1ccc(F)c(OF)c1)NC2=O. The molecule has 1 spiro atoms. The fourth-order valence-electron chi connectivity index (χ4n) is 5.79. The summed E-state index contributed by atoms with van der Waals surface area (Å²) in [6.07, 6.45) is 2.80. The second kappa shape index (κ2) is 11.4. The van der Waals surface area contributed by atoms with Gasteiger partial charge in [0.1, 0.15) is 11.4 Å². The first kappa shape index (κ1) is 30.8. The van der Waals surface area contributed by atoms with E-state index in [9.17, 15) is 32.0 Å². The maximum absolute atomic E-state index is 13.6. The van der Waals surface area contributed by atoms with E-state index in [1.54, 1.807) is 24.0 Å². The van der Waals surface area contributed by atoms with E-state index in [0.717, 1.165) is 28.7 Å². The lowest BCUT2D eigenvalue weighted by Crippen LogP contribution is -2.50. The van der Waals surface area contributed by atoms with Crippen molar-refractivity contribution >= 4 is 33.7 Å². The van der Waals surface area contributed by atoms with Crippen LogP contribution in [0.25, 0.3) is 6.08 Å². The quantitative estimate of drug-likeness (QED) is 0.512. The number of sulfonamides is 1. The number of halogens is 2. The number of carbonyl (C=O) groups is 2. The number of nitrogens with one attached hydrogen (secondary N) is 1. The first-order chi connectivity index (χ1) is 20.2. The Balaban J connectivity index is 1.26. The zero-order valence-corrected chi connectivity index (χ0v) is 25.0. The van der Waals surface area contributed by atoms with Crippen molar-refractivity contribution in [3.05, 3.63) is 69.4 Å². The van der Waals surface area contributed by atoms with Crippen LogP contribution in [0.4, 0.5) is 8.92 Å². The third-order valence-corrected chi connectivity index (χ3v) is 10.1. The fourth-order valence-corrected chi connectivity index (χ4v) is 6.96. The average molecular weight is 617 g/mol. The maximum Gasteiger partial charge on any atom is 0.253 e. The molecule has 0 bridgehead atoms. The average Bonchev–Trinajstić information content (AvgIpc) is 3.27. The lowest BCUT2D eigenvalue weighted by molar-refractivity contribution is -0.124. The first-order valence-corrected chi connectivity index (χ1v) is 15.5. The molecule has 0 radical (unpaired) electrons. The van der Waals surface area contributed by atoms with Gasteiger partial charge in [-0.15, -0.1) is 0 Å². The maximum atomic E-state index is 13.6. The Kier molecular flexibility index (Phi) is 8.18. The highest BCUT2D eigenvalue weighted by Gasteiger charge is 2.47. The highest BCUT2D eigenvalue weighted by molar-refractivity contribution is 7.92. The van der Waals surface area contributed by atoms with Crippen LogP contribution in [-0.4, -0.2) is 77.7 Å². The Morgan fingerprint density at radius 1 is 1.07 bits per heavy atom. The van der Waals surface area contributed by atoms with E-state index >= 15 is 0 Å². The van der Waals surface area contributed by atoms with E-state index in [0.29, 0.717) is 37.1 Å². The molecular formula is C30H34F2N4O6S. The molecule has 2 fully saturated rings. The third-order valence-electron chi connectivity index (χ3n) is 8.55. The third kappa shape index (κ3) is 6.20. The molecule has 2 amide bonds. The van der Waals surface area contributed by atoms with E-state index in [1.807, 2.05) is 13.8 Å². The van der Waals surface area contributed by atoms with Gasteiger partial charge in [-0.2, -0.15) is 4.31 Å². The number of piperidine rings is 2. The molecule has 3 aliphatic rings. The van der Waals surface area contributed by atoms with Crippen LogP contribution in [0.1, 0.15) is 65.2 Å². The van der Waals surface area contributed by atoms with Gasteiger partial charge in [-0.1, -0.05) is 0 Å². The standard InChI is InChI=1S/C30H34F2N4O6S/c1-19-16-22(27(37)35-11-7-29(3,39)8-12-35)17-20(2)23(19)6-15-43(40,41)36-13-9-30(10-14-36)28(38)33-26(34-30)21-4-5-24(31)25(18-21)42-32/h4-6,15-18,39H,7-14H2,1-3H3,(H,33,34,38)/b15-6+. The number of amidine groups is 1. The highest BCUT2D eigenvalue weighted by atomic mass is 32.2. The van der Waals surface area contributed by atoms with Crippen LogP contribution in [0, 0.1) is 19.7 Å². The van der Waals surface area contributed by atoms with Crippen LogP contribution in [0.3, 0.4) is 0 Å². The molecule has 230 valence electrons. The van der Waals surface area contributed by atoms with Gasteiger partial charge in [-0.25, -0.2) is 12.8 Å². The summed E-state index contributed by atoms with van der Waals surface area (Å²) in [4.78, 5) is 35.7. The predicted molar refractivity (Wildman–Crippen MR) is 156 cm³/mol. The van der Waals surface area contributed by atoms with Crippen molar-refractivity contribution in [1.29, 1.82) is 0 Å². The van der Waals surface area contributed by atoms with Gasteiger partial charge in [0.25, 0.3) is 11.8 Å². The molecule has 13 heteroatoms. The number of aryl methyl sites for hydroxylation is 2. The molecule has 2 aromatic rings. The van der Waals surface area contributed by atoms with Crippen LogP contribution in [0.5, 0.6) is 5.75 Å². The van der Waals surface area contributed by atoms with Crippen molar-refractivity contribution < 1.29 is 37.0 Å². The number of nitrogens with zero attached hydrogens (tertiary/aromatic N) is 3. The van der Waals surface area contributed by atoms with E-state index in [-0.39, 0.29) is 43.2 Å². The molecule has 2 aromatic carbocycles. The minimum Gasteiger partial charge on any atom is -0.390 e. The Labute approximate surface area is 249 Å². The molecule has 43 heavy (non-hydrogen) atoms. The van der Waals surface area contributed by atoms with Gasteiger partial charge in [0.15, 0.2) is 5.82 Å². The number of aliphatic hydroxyl groups is 1. The monoisotopic (exact) mass is 616 g/mol. The first-order valence-electron chi connectivity index (χ1n) is 14.0. The Bertz CT molecular complexity index is 1600. The van der Waals surface area contributed by atoms with Gasteiger partial charge in [-0.3, -0.25) is 19.5 Å². The number of carbonyl (C=O) groups excluding carboxylic acids is 2. The number of benzene rings is 2.